The second-order valence-electron chi connectivity index (χ2n) is 6.00. The van der Waals surface area contributed by atoms with E-state index in [1.807, 2.05) is 18.2 Å². The van der Waals surface area contributed by atoms with Gasteiger partial charge in [0.2, 0.25) is 0 Å². The molecule has 108 valence electrons. The summed E-state index contributed by atoms with van der Waals surface area (Å²) in [5.41, 5.74) is 3.04. The summed E-state index contributed by atoms with van der Waals surface area (Å²) in [5, 5.41) is 16.5. The van der Waals surface area contributed by atoms with Gasteiger partial charge in [-0.3, -0.25) is 0 Å². The highest BCUT2D eigenvalue weighted by atomic mass is 16.4. The Bertz CT molecular complexity index is 495. The summed E-state index contributed by atoms with van der Waals surface area (Å²) in [4.78, 5) is 0. The van der Waals surface area contributed by atoms with E-state index in [-0.39, 0.29) is 5.54 Å². The van der Waals surface area contributed by atoms with Gasteiger partial charge in [-0.2, -0.15) is 0 Å². The van der Waals surface area contributed by atoms with E-state index in [1.165, 1.54) is 11.1 Å². The van der Waals surface area contributed by atoms with Crippen LogP contribution in [0, 0.1) is 5.92 Å². The van der Waals surface area contributed by atoms with E-state index < -0.39 is 0 Å². The molecule has 3 nitrogen and oxygen atoms in total. The minimum absolute atomic E-state index is 0.226. The van der Waals surface area contributed by atoms with E-state index in [9.17, 15) is 5.21 Å². The molecule has 0 bridgehead atoms. The maximum Gasteiger partial charge on any atom is 0.0774 e. The molecule has 1 fully saturated rings. The van der Waals surface area contributed by atoms with Crippen molar-refractivity contribution in [3.05, 3.63) is 48.0 Å². The van der Waals surface area contributed by atoms with Gasteiger partial charge < -0.3 is 10.5 Å². The summed E-state index contributed by atoms with van der Waals surface area (Å²) in [6.07, 6.45) is 2.85. The van der Waals surface area contributed by atoms with Crippen LogP contribution in [0.25, 0.3) is 0 Å². The van der Waals surface area contributed by atoms with Gasteiger partial charge in [-0.25, -0.2) is 0 Å². The molecule has 0 spiro atoms. The molecule has 0 heterocycles. The number of nitrogens with one attached hydrogen (secondary N) is 1. The van der Waals surface area contributed by atoms with E-state index in [2.05, 4.69) is 43.0 Å². The first-order valence-electron chi connectivity index (χ1n) is 7.21. The predicted molar refractivity (Wildman–Crippen MR) is 83.1 cm³/mol. The van der Waals surface area contributed by atoms with Crippen LogP contribution in [0.4, 0.5) is 0 Å². The van der Waals surface area contributed by atoms with Crippen molar-refractivity contribution in [3.63, 3.8) is 0 Å². The molecular weight excluding hydrogens is 248 g/mol. The van der Waals surface area contributed by atoms with Gasteiger partial charge in [0.25, 0.3) is 0 Å². The van der Waals surface area contributed by atoms with Crippen LogP contribution < -0.4 is 5.32 Å². The second-order valence-corrected chi connectivity index (χ2v) is 6.00. The van der Waals surface area contributed by atoms with Crippen LogP contribution in [-0.4, -0.2) is 16.5 Å². The Morgan fingerprint density at radius 2 is 2.15 bits per heavy atom. The third-order valence-electron chi connectivity index (χ3n) is 4.41. The lowest BCUT2D eigenvalue weighted by molar-refractivity contribution is 0.287. The van der Waals surface area contributed by atoms with Crippen molar-refractivity contribution in [1.29, 1.82) is 0 Å². The molecular formula is C17H24N2O. The molecule has 3 heteroatoms. The van der Waals surface area contributed by atoms with Crippen molar-refractivity contribution in [2.45, 2.75) is 45.2 Å². The highest BCUT2D eigenvalue weighted by Gasteiger charge is 2.37. The van der Waals surface area contributed by atoms with Gasteiger partial charge >= 0.3 is 0 Å². The highest BCUT2D eigenvalue weighted by Crippen LogP contribution is 2.33. The van der Waals surface area contributed by atoms with E-state index in [1.54, 1.807) is 0 Å². The fourth-order valence-electron chi connectivity index (χ4n) is 2.82. The third-order valence-corrected chi connectivity index (χ3v) is 4.41. The Hall–Kier alpha value is -1.61. The van der Waals surface area contributed by atoms with Gasteiger partial charge in [0.1, 0.15) is 0 Å². The molecule has 0 saturated heterocycles. The van der Waals surface area contributed by atoms with E-state index in [4.69, 9.17) is 0 Å². The van der Waals surface area contributed by atoms with Gasteiger partial charge in [-0.1, -0.05) is 47.6 Å². The van der Waals surface area contributed by atoms with Crippen LogP contribution in [-0.2, 0) is 6.54 Å². The van der Waals surface area contributed by atoms with Crippen LogP contribution in [0.1, 0.15) is 38.7 Å². The predicted octanol–water partition coefficient (Wildman–Crippen LogP) is 3.74. The van der Waals surface area contributed by atoms with E-state index >= 15 is 0 Å². The van der Waals surface area contributed by atoms with Crippen molar-refractivity contribution in [3.8, 4) is 0 Å². The SMILES string of the molecule is C=C(C)[C@H]1CC[C@@](C)(NCc2ccccc2)/C(=N/O)C1. The van der Waals surface area contributed by atoms with Crippen molar-refractivity contribution in [2.75, 3.05) is 0 Å². The number of oxime groups is 1. The third kappa shape index (κ3) is 3.28. The van der Waals surface area contributed by atoms with Gasteiger partial charge in [0, 0.05) is 6.54 Å². The summed E-state index contributed by atoms with van der Waals surface area (Å²) >= 11 is 0. The maximum absolute atomic E-state index is 9.34. The van der Waals surface area contributed by atoms with Gasteiger partial charge in [-0.05, 0) is 44.6 Å². The molecule has 2 atom stereocenters. The first kappa shape index (κ1) is 14.8. The number of rotatable bonds is 4. The Labute approximate surface area is 121 Å². The molecule has 0 amide bonds. The highest BCUT2D eigenvalue weighted by molar-refractivity contribution is 5.93. The van der Waals surface area contributed by atoms with E-state index in [0.29, 0.717) is 5.92 Å². The molecule has 2 rings (SSSR count). The number of hydrogen-bond acceptors (Lipinski definition) is 3. The second kappa shape index (κ2) is 6.23. The minimum Gasteiger partial charge on any atom is -0.411 e. The van der Waals surface area contributed by atoms with Crippen molar-refractivity contribution in [2.24, 2.45) is 11.1 Å². The summed E-state index contributed by atoms with van der Waals surface area (Å²) < 4.78 is 0. The zero-order valence-electron chi connectivity index (χ0n) is 12.4. The van der Waals surface area contributed by atoms with Crippen molar-refractivity contribution >= 4 is 5.71 Å². The monoisotopic (exact) mass is 272 g/mol. The molecule has 0 radical (unpaired) electrons. The van der Waals surface area contributed by atoms with E-state index in [0.717, 1.165) is 31.5 Å². The Morgan fingerprint density at radius 3 is 2.75 bits per heavy atom. The lowest BCUT2D eigenvalue weighted by Gasteiger charge is -2.39. The maximum atomic E-state index is 9.34. The smallest absolute Gasteiger partial charge is 0.0774 e. The zero-order valence-corrected chi connectivity index (χ0v) is 12.4. The molecule has 1 aromatic rings. The molecule has 0 unspecified atom stereocenters. The van der Waals surface area contributed by atoms with Crippen LogP contribution in [0.15, 0.2) is 47.6 Å². The summed E-state index contributed by atoms with van der Waals surface area (Å²) in [6, 6.07) is 10.3. The number of allylic oxidation sites excluding steroid dienone is 1. The van der Waals surface area contributed by atoms with Gasteiger partial charge in [0.15, 0.2) is 0 Å². The lowest BCUT2D eigenvalue weighted by atomic mass is 9.74. The Kier molecular flexibility index (Phi) is 4.61. The number of nitrogens with zero attached hydrogens (tertiary/aromatic N) is 1. The standard InChI is InChI=1S/C17H24N2O/c1-13(2)15-9-10-17(3,16(11-15)19-20)18-12-14-7-5-4-6-8-14/h4-8,15,18,20H,1,9-12H2,2-3H3/b19-16+/t15-,17+/m0/s1. The molecule has 0 aromatic heterocycles. The lowest BCUT2D eigenvalue weighted by Crippen LogP contribution is -2.52. The van der Waals surface area contributed by atoms with Crippen LogP contribution in [0.5, 0.6) is 0 Å². The first-order valence-corrected chi connectivity index (χ1v) is 7.21. The fourth-order valence-corrected chi connectivity index (χ4v) is 2.82. The summed E-state index contributed by atoms with van der Waals surface area (Å²) in [7, 11) is 0. The van der Waals surface area contributed by atoms with Crippen molar-refractivity contribution in [1.82, 2.24) is 5.32 Å². The average Bonchev–Trinajstić information content (AvgIpc) is 2.46. The number of hydrogen-bond donors (Lipinski definition) is 2. The van der Waals surface area contributed by atoms with Crippen LogP contribution in [0.3, 0.4) is 0 Å². The topological polar surface area (TPSA) is 44.6 Å². The molecule has 1 aliphatic rings. The van der Waals surface area contributed by atoms with Gasteiger partial charge in [0.05, 0.1) is 11.3 Å². The average molecular weight is 272 g/mol. The van der Waals surface area contributed by atoms with Gasteiger partial charge in [-0.15, -0.1) is 0 Å². The quantitative estimate of drug-likeness (QED) is 0.498. The first-order chi connectivity index (χ1) is 9.55. The Balaban J connectivity index is 2.04. The molecule has 1 aliphatic carbocycles. The summed E-state index contributed by atoms with van der Waals surface area (Å²) in [5.74, 6) is 0.438. The molecule has 1 saturated carbocycles. The molecule has 20 heavy (non-hydrogen) atoms. The Morgan fingerprint density at radius 1 is 1.45 bits per heavy atom. The van der Waals surface area contributed by atoms with Crippen molar-refractivity contribution < 1.29 is 5.21 Å². The zero-order chi connectivity index (χ0) is 14.6. The fraction of sp³-hybridized carbons (Fsp3) is 0.471. The molecule has 1 aromatic carbocycles. The van der Waals surface area contributed by atoms with Crippen LogP contribution in [0.2, 0.25) is 0 Å². The summed E-state index contributed by atoms with van der Waals surface area (Å²) in [6.45, 7) is 9.00. The van der Waals surface area contributed by atoms with Crippen LogP contribution >= 0.6 is 0 Å². The number of benzene rings is 1. The normalized spacial score (nSPS) is 28.5. The largest absolute Gasteiger partial charge is 0.411 e. The minimum atomic E-state index is -0.226. The molecule has 2 N–H and O–H groups in total. The molecule has 0 aliphatic heterocycles.